The molecule has 43 heavy (non-hydrogen) atoms. The van der Waals surface area contributed by atoms with Crippen molar-refractivity contribution >= 4 is 49.1 Å². The van der Waals surface area contributed by atoms with Crippen LogP contribution in [-0.4, -0.2) is 52.9 Å². The highest BCUT2D eigenvalue weighted by molar-refractivity contribution is 7.17. The second kappa shape index (κ2) is 13.5. The highest BCUT2D eigenvalue weighted by Gasteiger charge is 2.31. The highest BCUT2D eigenvalue weighted by atomic mass is 32.1. The lowest BCUT2D eigenvalue weighted by molar-refractivity contribution is -0.140. The molecule has 4 rings (SSSR count). The van der Waals surface area contributed by atoms with Crippen molar-refractivity contribution in [3.05, 3.63) is 87.2 Å². The van der Waals surface area contributed by atoms with E-state index in [2.05, 4.69) is 26.9 Å². The van der Waals surface area contributed by atoms with Gasteiger partial charge in [0.25, 0.3) is 5.91 Å². The van der Waals surface area contributed by atoms with Gasteiger partial charge in [-0.2, -0.15) is 8.78 Å². The van der Waals surface area contributed by atoms with Crippen LogP contribution >= 0.6 is 20.6 Å². The van der Waals surface area contributed by atoms with Crippen molar-refractivity contribution in [3.63, 3.8) is 0 Å². The molecule has 1 unspecified atom stereocenters. The molecule has 0 bridgehead atoms. The summed E-state index contributed by atoms with van der Waals surface area (Å²) in [5.74, 6) is 0.349. The summed E-state index contributed by atoms with van der Waals surface area (Å²) in [6.07, 6.45) is 2.04. The van der Waals surface area contributed by atoms with Gasteiger partial charge in [0.1, 0.15) is 5.75 Å². The van der Waals surface area contributed by atoms with Gasteiger partial charge in [-0.25, -0.2) is 0 Å². The average molecular weight is 627 g/mol. The van der Waals surface area contributed by atoms with Crippen LogP contribution in [0.15, 0.2) is 60.8 Å². The molecule has 0 aliphatic rings. The minimum atomic E-state index is -3.64. The van der Waals surface area contributed by atoms with Crippen molar-refractivity contribution in [2.75, 3.05) is 13.7 Å². The molecule has 4 aromatic rings. The highest BCUT2D eigenvalue weighted by Crippen LogP contribution is 2.31. The maximum Gasteiger partial charge on any atom is 0.408 e. The van der Waals surface area contributed by atoms with Gasteiger partial charge < -0.3 is 24.9 Å². The Morgan fingerprint density at radius 2 is 1.86 bits per heavy atom. The van der Waals surface area contributed by atoms with Gasteiger partial charge in [-0.15, -0.1) is 11.3 Å². The molecular formula is C31H29F2N2O6PS. The summed E-state index contributed by atoms with van der Waals surface area (Å²) < 4.78 is 36.9. The summed E-state index contributed by atoms with van der Waals surface area (Å²) in [7, 11) is 2.52. The Morgan fingerprint density at radius 3 is 2.58 bits per heavy atom. The number of H-pyrrole nitrogens is 1. The number of carbonyl (C=O) groups is 3. The Hall–Kier alpha value is -4.10. The third-order valence-electron chi connectivity index (χ3n) is 6.48. The maximum atomic E-state index is 13.8. The Kier molecular flexibility index (Phi) is 9.97. The van der Waals surface area contributed by atoms with Gasteiger partial charge in [0.05, 0.1) is 41.0 Å². The number of ketones is 1. The monoisotopic (exact) mass is 626 g/mol. The van der Waals surface area contributed by atoms with E-state index in [1.807, 2.05) is 24.3 Å². The van der Waals surface area contributed by atoms with Crippen LogP contribution < -0.4 is 10.1 Å². The third-order valence-corrected chi connectivity index (χ3v) is 7.64. The smallest absolute Gasteiger partial charge is 0.408 e. The first-order chi connectivity index (χ1) is 20.4. The number of halogens is 2. The van der Waals surface area contributed by atoms with E-state index in [9.17, 15) is 28.3 Å². The first kappa shape index (κ1) is 31.8. The van der Waals surface area contributed by atoms with E-state index < -0.39 is 29.9 Å². The number of aliphatic hydroxyl groups is 1. The molecule has 2 aromatic carbocycles. The van der Waals surface area contributed by atoms with Crippen molar-refractivity contribution < 1.29 is 37.7 Å². The number of carbonyl (C=O) groups excluding carboxylic acids is 3. The number of aliphatic hydroxyl groups excluding tert-OH is 1. The van der Waals surface area contributed by atoms with Crippen molar-refractivity contribution in [1.82, 2.24) is 10.3 Å². The molecule has 2 aromatic heterocycles. The zero-order valence-corrected chi connectivity index (χ0v) is 25.3. The minimum Gasteiger partial charge on any atom is -0.469 e. The lowest BCUT2D eigenvalue weighted by Gasteiger charge is -2.29. The van der Waals surface area contributed by atoms with Crippen LogP contribution in [0.4, 0.5) is 8.78 Å². The molecule has 0 radical (unpaired) electrons. The molecular weight excluding hydrogens is 597 g/mol. The number of ether oxygens (including phenoxy) is 2. The topological polar surface area (TPSA) is 118 Å². The number of aromatic nitrogens is 1. The molecule has 12 heteroatoms. The number of Topliss-reactive ketones (excluding diaryl/α,β-unsaturated/α-hetero) is 1. The third kappa shape index (κ3) is 8.48. The summed E-state index contributed by atoms with van der Waals surface area (Å²) in [5, 5.41) is 14.0. The van der Waals surface area contributed by atoms with E-state index >= 15 is 0 Å². The fourth-order valence-electron chi connectivity index (χ4n) is 4.33. The van der Waals surface area contributed by atoms with Crippen LogP contribution in [-0.2, 0) is 16.0 Å². The molecule has 2 heterocycles. The summed E-state index contributed by atoms with van der Waals surface area (Å²) in [5.41, 5.74) is 0.755. The Labute approximate surface area is 253 Å². The first-order valence-electron chi connectivity index (χ1n) is 13.1. The van der Waals surface area contributed by atoms with E-state index in [0.29, 0.717) is 15.3 Å². The van der Waals surface area contributed by atoms with Gasteiger partial charge >= 0.3 is 11.8 Å². The van der Waals surface area contributed by atoms with E-state index in [1.54, 1.807) is 25.3 Å². The molecule has 3 N–H and O–H groups in total. The lowest BCUT2D eigenvalue weighted by atomic mass is 9.92. The Balaban J connectivity index is 1.57. The predicted molar refractivity (Wildman–Crippen MR) is 163 cm³/mol. The van der Waals surface area contributed by atoms with Gasteiger partial charge in [-0.3, -0.25) is 14.4 Å². The minimum absolute atomic E-state index is 0.00735. The number of aromatic amines is 1. The van der Waals surface area contributed by atoms with Gasteiger partial charge in [0, 0.05) is 29.1 Å². The molecule has 1 amide bonds. The van der Waals surface area contributed by atoms with Crippen LogP contribution in [0.1, 0.15) is 55.8 Å². The fourth-order valence-corrected chi connectivity index (χ4v) is 5.28. The molecule has 0 aliphatic carbocycles. The lowest BCUT2D eigenvalue weighted by Crippen LogP contribution is -2.50. The van der Waals surface area contributed by atoms with Crippen LogP contribution in [0.2, 0.25) is 0 Å². The summed E-state index contributed by atoms with van der Waals surface area (Å²) in [4.78, 5) is 41.3. The zero-order chi connectivity index (χ0) is 31.2. The largest absolute Gasteiger partial charge is 0.469 e. The summed E-state index contributed by atoms with van der Waals surface area (Å²) in [6, 6.07) is 14.8. The standard InChI is InChI=1S/C31H29F2N2O6PS/c1-30(18-36,16-20-17-34-24-6-4-3-5-22(20)24)35-29(39)23-15-19(8-12-26(23)41-31(32,33)42)7-9-21-10-13-27(43-21)25(37)11-14-28(38)40-2/h3-6,8,10,12-13,15,17,34,36H,11,14,16,18,42H2,1-2H3,(H,35,39)/t30-/m1/s1. The zero-order valence-electron chi connectivity index (χ0n) is 23.3. The molecule has 0 saturated heterocycles. The van der Waals surface area contributed by atoms with Crippen LogP contribution in [0, 0.1) is 11.8 Å². The average Bonchev–Trinajstić information content (AvgIpc) is 3.62. The number of amides is 1. The number of nitrogens with one attached hydrogen (secondary N) is 2. The number of hydrogen-bond donors (Lipinski definition) is 3. The molecule has 0 spiro atoms. The van der Waals surface area contributed by atoms with Crippen LogP contribution in [0.5, 0.6) is 5.75 Å². The van der Waals surface area contributed by atoms with Gasteiger partial charge in [0.2, 0.25) is 0 Å². The number of fused-ring (bicyclic) bond motifs is 1. The van der Waals surface area contributed by atoms with Gasteiger partial charge in [0.15, 0.2) is 5.78 Å². The quantitative estimate of drug-likeness (QED) is 0.0902. The first-order valence-corrected chi connectivity index (χ1v) is 14.5. The van der Waals surface area contributed by atoms with Crippen LogP contribution in [0.3, 0.4) is 0 Å². The number of esters is 1. The second-order valence-electron chi connectivity index (χ2n) is 10.00. The summed E-state index contributed by atoms with van der Waals surface area (Å²) >= 11 is 1.14. The van der Waals surface area contributed by atoms with E-state index in [1.165, 1.54) is 34.5 Å². The number of thiophene rings is 1. The van der Waals surface area contributed by atoms with Crippen molar-refractivity contribution in [3.8, 4) is 17.6 Å². The van der Waals surface area contributed by atoms with E-state index in [-0.39, 0.29) is 36.4 Å². The SMILES string of the molecule is COC(=O)CCC(=O)c1ccc(C#Cc2ccc(OC(F)(F)P)c(C(=O)N[C@@](C)(CO)Cc3c[nH]c4ccccc34)c2)s1. The van der Waals surface area contributed by atoms with E-state index in [0.717, 1.165) is 27.8 Å². The number of para-hydroxylation sites is 1. The molecule has 2 atom stereocenters. The molecule has 8 nitrogen and oxygen atoms in total. The molecule has 0 aliphatic heterocycles. The molecule has 224 valence electrons. The normalized spacial score (nSPS) is 12.6. The van der Waals surface area contributed by atoms with Crippen molar-refractivity contribution in [2.24, 2.45) is 0 Å². The Morgan fingerprint density at radius 1 is 1.09 bits per heavy atom. The predicted octanol–water partition coefficient (Wildman–Crippen LogP) is 5.29. The van der Waals surface area contributed by atoms with Gasteiger partial charge in [-0.05, 0) is 64.5 Å². The van der Waals surface area contributed by atoms with E-state index in [4.69, 9.17) is 4.74 Å². The van der Waals surface area contributed by atoms with Crippen molar-refractivity contribution in [2.45, 2.75) is 37.6 Å². The van der Waals surface area contributed by atoms with Gasteiger partial charge in [-0.1, -0.05) is 30.0 Å². The Bertz CT molecular complexity index is 1720. The molecule has 0 saturated carbocycles. The van der Waals surface area contributed by atoms with Crippen LogP contribution in [0.25, 0.3) is 10.9 Å². The maximum absolute atomic E-state index is 13.8. The van der Waals surface area contributed by atoms with Crippen molar-refractivity contribution in [1.29, 1.82) is 0 Å². The number of hydrogen-bond acceptors (Lipinski definition) is 7. The molecule has 0 fully saturated rings. The number of benzene rings is 2. The number of alkyl halides is 2. The summed E-state index contributed by atoms with van der Waals surface area (Å²) in [6.45, 7) is 1.23. The number of methoxy groups -OCH3 is 1. The fraction of sp³-hybridized carbons (Fsp3) is 0.258. The number of rotatable bonds is 11. The second-order valence-corrected chi connectivity index (χ2v) is 11.8.